The molecule has 3 aromatic rings. The van der Waals surface area contributed by atoms with Crippen molar-refractivity contribution < 1.29 is 4.79 Å². The van der Waals surface area contributed by atoms with Crippen molar-refractivity contribution in [2.75, 3.05) is 7.05 Å². The Bertz CT molecular complexity index is 929. The minimum Gasteiger partial charge on any atom is -0.340 e. The van der Waals surface area contributed by atoms with Gasteiger partial charge >= 0.3 is 0 Å². The molecule has 122 valence electrons. The number of aryl methyl sites for hydroxylation is 1. The number of benzene rings is 2. The molecule has 0 saturated heterocycles. The van der Waals surface area contributed by atoms with Gasteiger partial charge in [0.15, 0.2) is 0 Å². The molecule has 0 N–H and O–H groups in total. The van der Waals surface area contributed by atoms with E-state index in [0.717, 1.165) is 5.56 Å². The number of amides is 1. The fraction of sp³-hybridized carbons (Fsp3) is 0.211. The van der Waals surface area contributed by atoms with E-state index in [9.17, 15) is 9.59 Å². The van der Waals surface area contributed by atoms with Crippen LogP contribution in [0.1, 0.15) is 11.1 Å². The molecule has 1 aromatic heterocycles. The fourth-order valence-electron chi connectivity index (χ4n) is 2.54. The van der Waals surface area contributed by atoms with Gasteiger partial charge in [0, 0.05) is 13.6 Å². The lowest BCUT2D eigenvalue weighted by molar-refractivity contribution is -0.131. The lowest BCUT2D eigenvalue weighted by Crippen LogP contribution is -2.33. The lowest BCUT2D eigenvalue weighted by Gasteiger charge is -2.18. The van der Waals surface area contributed by atoms with Gasteiger partial charge in [-0.3, -0.25) is 14.2 Å². The molecule has 5 heteroatoms. The van der Waals surface area contributed by atoms with Gasteiger partial charge in [0.05, 0.1) is 17.2 Å². The molecule has 0 radical (unpaired) electrons. The van der Waals surface area contributed by atoms with E-state index in [1.807, 2.05) is 37.3 Å². The maximum atomic E-state index is 12.4. The topological polar surface area (TPSA) is 55.2 Å². The summed E-state index contributed by atoms with van der Waals surface area (Å²) in [7, 11) is 1.74. The monoisotopic (exact) mass is 321 g/mol. The van der Waals surface area contributed by atoms with Crippen LogP contribution in [-0.2, 0) is 17.9 Å². The van der Waals surface area contributed by atoms with E-state index in [2.05, 4.69) is 4.98 Å². The Morgan fingerprint density at radius 3 is 2.58 bits per heavy atom. The van der Waals surface area contributed by atoms with Gasteiger partial charge in [-0.05, 0) is 24.6 Å². The van der Waals surface area contributed by atoms with Gasteiger partial charge in [0.25, 0.3) is 5.56 Å². The number of carbonyl (C=O) groups is 1. The molecule has 24 heavy (non-hydrogen) atoms. The second-order valence-corrected chi connectivity index (χ2v) is 5.93. The highest BCUT2D eigenvalue weighted by Crippen LogP contribution is 2.07. The summed E-state index contributed by atoms with van der Waals surface area (Å²) < 4.78 is 1.36. The Morgan fingerprint density at radius 1 is 1.12 bits per heavy atom. The van der Waals surface area contributed by atoms with Crippen molar-refractivity contribution in [1.82, 2.24) is 14.5 Å². The predicted molar refractivity (Wildman–Crippen MR) is 93.7 cm³/mol. The molecular formula is C19H19N3O2. The Labute approximate surface area is 140 Å². The number of likely N-dealkylation sites (N-methyl/N-ethyl adjacent to an activating group) is 1. The van der Waals surface area contributed by atoms with Crippen molar-refractivity contribution in [2.24, 2.45) is 0 Å². The molecule has 0 saturated carbocycles. The number of hydrogen-bond donors (Lipinski definition) is 0. The summed E-state index contributed by atoms with van der Waals surface area (Å²) in [6.45, 7) is 2.52. The highest BCUT2D eigenvalue weighted by molar-refractivity contribution is 5.78. The summed E-state index contributed by atoms with van der Waals surface area (Å²) in [5.41, 5.74) is 2.68. The molecular weight excluding hydrogens is 302 g/mol. The number of nitrogens with zero attached hydrogens (tertiary/aromatic N) is 3. The highest BCUT2D eigenvalue weighted by atomic mass is 16.2. The quantitative estimate of drug-likeness (QED) is 0.741. The van der Waals surface area contributed by atoms with Crippen molar-refractivity contribution in [3.05, 3.63) is 76.3 Å². The molecule has 3 rings (SSSR count). The van der Waals surface area contributed by atoms with Crippen LogP contribution in [0.5, 0.6) is 0 Å². The SMILES string of the molecule is Cc1ccc(CN(C)C(=O)Cn2cnc3ccccc3c2=O)cc1. The third kappa shape index (κ3) is 3.35. The molecule has 0 unspecified atom stereocenters. The number of rotatable bonds is 4. The van der Waals surface area contributed by atoms with Crippen molar-refractivity contribution in [2.45, 2.75) is 20.0 Å². The van der Waals surface area contributed by atoms with E-state index in [1.165, 1.54) is 16.5 Å². The lowest BCUT2D eigenvalue weighted by atomic mass is 10.1. The predicted octanol–water partition coefficient (Wildman–Crippen LogP) is 2.36. The first kappa shape index (κ1) is 15.9. The van der Waals surface area contributed by atoms with Gasteiger partial charge in [-0.25, -0.2) is 4.98 Å². The smallest absolute Gasteiger partial charge is 0.261 e. The Kier molecular flexibility index (Phi) is 4.42. The number of para-hydroxylation sites is 1. The van der Waals surface area contributed by atoms with Crippen LogP contribution in [0.3, 0.4) is 0 Å². The first-order valence-corrected chi connectivity index (χ1v) is 7.78. The van der Waals surface area contributed by atoms with Gasteiger partial charge < -0.3 is 4.90 Å². The number of aromatic nitrogens is 2. The third-order valence-electron chi connectivity index (χ3n) is 4.00. The average molecular weight is 321 g/mol. The van der Waals surface area contributed by atoms with Crippen LogP contribution in [0.2, 0.25) is 0 Å². The average Bonchev–Trinajstić information content (AvgIpc) is 2.59. The van der Waals surface area contributed by atoms with E-state index in [4.69, 9.17) is 0 Å². The van der Waals surface area contributed by atoms with Crippen molar-refractivity contribution >= 4 is 16.8 Å². The summed E-state index contributed by atoms with van der Waals surface area (Å²) in [5, 5.41) is 0.522. The zero-order valence-electron chi connectivity index (χ0n) is 13.8. The number of fused-ring (bicyclic) bond motifs is 1. The molecule has 1 heterocycles. The summed E-state index contributed by atoms with van der Waals surface area (Å²) in [4.78, 5) is 30.7. The number of carbonyl (C=O) groups excluding carboxylic acids is 1. The first-order chi connectivity index (χ1) is 11.5. The molecule has 0 spiro atoms. The van der Waals surface area contributed by atoms with E-state index < -0.39 is 0 Å². The van der Waals surface area contributed by atoms with Gasteiger partial charge in [-0.1, -0.05) is 42.0 Å². The van der Waals surface area contributed by atoms with Crippen molar-refractivity contribution in [3.8, 4) is 0 Å². The van der Waals surface area contributed by atoms with Crippen molar-refractivity contribution in [3.63, 3.8) is 0 Å². The summed E-state index contributed by atoms with van der Waals surface area (Å²) >= 11 is 0. The summed E-state index contributed by atoms with van der Waals surface area (Å²) in [6, 6.07) is 15.2. The van der Waals surface area contributed by atoms with Gasteiger partial charge in [-0.2, -0.15) is 0 Å². The summed E-state index contributed by atoms with van der Waals surface area (Å²) in [5.74, 6) is -0.130. The normalized spacial score (nSPS) is 10.8. The van der Waals surface area contributed by atoms with Gasteiger partial charge in [-0.15, -0.1) is 0 Å². The summed E-state index contributed by atoms with van der Waals surface area (Å²) in [6.07, 6.45) is 1.43. The molecule has 0 fully saturated rings. The molecule has 0 aliphatic carbocycles. The zero-order valence-corrected chi connectivity index (χ0v) is 13.8. The van der Waals surface area contributed by atoms with E-state index >= 15 is 0 Å². The van der Waals surface area contributed by atoms with Crippen molar-refractivity contribution in [1.29, 1.82) is 0 Å². The fourth-order valence-corrected chi connectivity index (χ4v) is 2.54. The molecule has 1 amide bonds. The number of hydrogen-bond acceptors (Lipinski definition) is 3. The van der Waals surface area contributed by atoms with Crippen LogP contribution in [0.25, 0.3) is 10.9 Å². The molecule has 0 atom stereocenters. The van der Waals surface area contributed by atoms with E-state index in [1.54, 1.807) is 30.1 Å². The van der Waals surface area contributed by atoms with Crippen LogP contribution in [0.4, 0.5) is 0 Å². The maximum Gasteiger partial charge on any atom is 0.261 e. The zero-order chi connectivity index (χ0) is 17.1. The van der Waals surface area contributed by atoms with Crippen LogP contribution in [0, 0.1) is 6.92 Å². The first-order valence-electron chi connectivity index (χ1n) is 7.78. The van der Waals surface area contributed by atoms with E-state index in [0.29, 0.717) is 17.4 Å². The Balaban J connectivity index is 1.75. The van der Waals surface area contributed by atoms with Crippen LogP contribution in [-0.4, -0.2) is 27.4 Å². The molecule has 0 aliphatic rings. The Hall–Kier alpha value is -2.95. The highest BCUT2D eigenvalue weighted by Gasteiger charge is 2.12. The van der Waals surface area contributed by atoms with Crippen LogP contribution in [0.15, 0.2) is 59.7 Å². The maximum absolute atomic E-state index is 12.4. The largest absolute Gasteiger partial charge is 0.340 e. The standard InChI is InChI=1S/C19H19N3O2/c1-14-7-9-15(10-8-14)11-21(2)18(23)12-22-13-20-17-6-4-3-5-16(17)19(22)24/h3-10,13H,11-12H2,1-2H3. The van der Waals surface area contributed by atoms with Crippen LogP contribution >= 0.6 is 0 Å². The molecule has 2 aromatic carbocycles. The molecule has 0 aliphatic heterocycles. The minimum absolute atomic E-state index is 0.0149. The van der Waals surface area contributed by atoms with Gasteiger partial charge in [0.2, 0.25) is 5.91 Å². The van der Waals surface area contributed by atoms with Gasteiger partial charge in [0.1, 0.15) is 6.54 Å². The second kappa shape index (κ2) is 6.66. The minimum atomic E-state index is -0.197. The molecule has 5 nitrogen and oxygen atoms in total. The third-order valence-corrected chi connectivity index (χ3v) is 4.00. The van der Waals surface area contributed by atoms with E-state index in [-0.39, 0.29) is 18.0 Å². The Morgan fingerprint density at radius 2 is 1.83 bits per heavy atom. The second-order valence-electron chi connectivity index (χ2n) is 5.93. The van der Waals surface area contributed by atoms with Crippen LogP contribution < -0.4 is 5.56 Å². The molecule has 0 bridgehead atoms.